The smallest absolute Gasteiger partial charge is 0.169 e. The van der Waals surface area contributed by atoms with E-state index >= 15 is 0 Å². The Morgan fingerprint density at radius 3 is 1.38 bits per heavy atom. The fourth-order valence-electron chi connectivity index (χ4n) is 3.61. The topological polar surface area (TPSA) is 24.9 Å². The van der Waals surface area contributed by atoms with Crippen LogP contribution in [0.4, 0.5) is 11.4 Å². The van der Waals surface area contributed by atoms with Crippen LogP contribution in [0.25, 0.3) is 0 Å². The van der Waals surface area contributed by atoms with Gasteiger partial charge in [0.25, 0.3) is 0 Å². The summed E-state index contributed by atoms with van der Waals surface area (Å²) in [7, 11) is 0. The fourth-order valence-corrected chi connectivity index (χ4v) is 3.61. The average molecular weight is 344 g/mol. The second-order valence-corrected chi connectivity index (χ2v) is 6.66. The number of para-hydroxylation sites is 2. The van der Waals surface area contributed by atoms with E-state index in [2.05, 4.69) is 70.5 Å². The average Bonchev–Trinajstić information content (AvgIpc) is 2.74. The van der Waals surface area contributed by atoms with Gasteiger partial charge in [-0.2, -0.15) is 0 Å². The van der Waals surface area contributed by atoms with Crippen LogP contribution < -0.4 is 19.3 Å². The van der Waals surface area contributed by atoms with Crippen LogP contribution in [-0.4, -0.2) is 13.5 Å². The molecule has 2 aliphatic heterocycles. The second kappa shape index (κ2) is 6.30. The maximum atomic E-state index is 6.11. The van der Waals surface area contributed by atoms with Crippen molar-refractivity contribution in [2.75, 3.05) is 23.3 Å². The molecule has 0 bridgehead atoms. The van der Waals surface area contributed by atoms with E-state index in [0.717, 1.165) is 24.6 Å². The number of rotatable bonds is 2. The second-order valence-electron chi connectivity index (χ2n) is 6.66. The Morgan fingerprint density at radius 2 is 0.962 bits per heavy atom. The Balaban J connectivity index is 1.41. The number of hydrogen-bond acceptors (Lipinski definition) is 4. The van der Waals surface area contributed by atoms with Gasteiger partial charge in [-0.15, -0.1) is 0 Å². The Hall–Kier alpha value is -3.14. The summed E-state index contributed by atoms with van der Waals surface area (Å²) in [5.41, 5.74) is 4.69. The van der Waals surface area contributed by atoms with Gasteiger partial charge in [0.05, 0.1) is 0 Å². The molecular weight excluding hydrogens is 324 g/mol. The van der Waals surface area contributed by atoms with Crippen LogP contribution in [0.15, 0.2) is 72.8 Å². The molecule has 5 rings (SSSR count). The monoisotopic (exact) mass is 344 g/mol. The molecule has 2 heterocycles. The molecule has 0 aliphatic carbocycles. The molecule has 0 atom stereocenters. The van der Waals surface area contributed by atoms with Gasteiger partial charge in [-0.25, -0.2) is 0 Å². The SMILES string of the molecule is c1ccc(N2COc3c(ccc4c3OCN(c3ccccc3)C4)C2)cc1. The lowest BCUT2D eigenvalue weighted by atomic mass is 10.0. The Labute approximate surface area is 153 Å². The van der Waals surface area contributed by atoms with E-state index < -0.39 is 0 Å². The van der Waals surface area contributed by atoms with Gasteiger partial charge in [0.1, 0.15) is 0 Å². The lowest BCUT2D eigenvalue weighted by Crippen LogP contribution is -2.35. The third-order valence-corrected chi connectivity index (χ3v) is 4.97. The molecule has 26 heavy (non-hydrogen) atoms. The molecule has 3 aromatic carbocycles. The van der Waals surface area contributed by atoms with Crippen molar-refractivity contribution < 1.29 is 9.47 Å². The molecule has 3 aromatic rings. The first-order valence-electron chi connectivity index (χ1n) is 8.89. The summed E-state index contributed by atoms with van der Waals surface area (Å²) in [5.74, 6) is 1.81. The molecule has 2 aliphatic rings. The minimum atomic E-state index is 0.541. The largest absolute Gasteiger partial charge is 0.469 e. The Morgan fingerprint density at radius 1 is 0.538 bits per heavy atom. The minimum absolute atomic E-state index is 0.541. The highest BCUT2D eigenvalue weighted by Gasteiger charge is 2.27. The highest BCUT2D eigenvalue weighted by molar-refractivity contribution is 5.59. The third-order valence-electron chi connectivity index (χ3n) is 4.97. The minimum Gasteiger partial charge on any atom is -0.469 e. The van der Waals surface area contributed by atoms with Crippen molar-refractivity contribution in [3.8, 4) is 11.5 Å². The summed E-state index contributed by atoms with van der Waals surface area (Å²) >= 11 is 0. The summed E-state index contributed by atoms with van der Waals surface area (Å²) in [6, 6.07) is 25.1. The van der Waals surface area contributed by atoms with E-state index in [1.165, 1.54) is 22.5 Å². The zero-order valence-corrected chi connectivity index (χ0v) is 14.5. The van der Waals surface area contributed by atoms with E-state index in [1.807, 2.05) is 12.1 Å². The number of hydrogen-bond donors (Lipinski definition) is 0. The number of fused-ring (bicyclic) bond motifs is 3. The molecule has 0 spiro atoms. The molecule has 0 N–H and O–H groups in total. The summed E-state index contributed by atoms with van der Waals surface area (Å²) < 4.78 is 12.2. The number of nitrogens with zero attached hydrogens (tertiary/aromatic N) is 2. The fraction of sp³-hybridized carbons (Fsp3) is 0.182. The highest BCUT2D eigenvalue weighted by atomic mass is 16.5. The van der Waals surface area contributed by atoms with E-state index in [9.17, 15) is 0 Å². The summed E-state index contributed by atoms with van der Waals surface area (Å²) in [6.45, 7) is 2.75. The van der Waals surface area contributed by atoms with Gasteiger partial charge in [-0.1, -0.05) is 48.5 Å². The van der Waals surface area contributed by atoms with Crippen molar-refractivity contribution >= 4 is 11.4 Å². The maximum absolute atomic E-state index is 6.11. The van der Waals surface area contributed by atoms with Crippen LogP contribution in [0.2, 0.25) is 0 Å². The van der Waals surface area contributed by atoms with Crippen molar-refractivity contribution in [3.63, 3.8) is 0 Å². The molecule has 4 nitrogen and oxygen atoms in total. The number of anilines is 2. The molecule has 0 fully saturated rings. The Bertz CT molecular complexity index is 836. The van der Waals surface area contributed by atoms with Gasteiger partial charge in [0.15, 0.2) is 25.0 Å². The summed E-state index contributed by atoms with van der Waals surface area (Å²) in [5, 5.41) is 0. The van der Waals surface area contributed by atoms with E-state index in [1.54, 1.807) is 0 Å². The molecule has 0 saturated heterocycles. The normalized spacial score (nSPS) is 15.5. The van der Waals surface area contributed by atoms with Gasteiger partial charge in [0.2, 0.25) is 0 Å². The van der Waals surface area contributed by atoms with E-state index in [-0.39, 0.29) is 0 Å². The Kier molecular flexibility index (Phi) is 3.67. The van der Waals surface area contributed by atoms with Crippen LogP contribution in [0.3, 0.4) is 0 Å². The van der Waals surface area contributed by atoms with Crippen LogP contribution in [0, 0.1) is 0 Å². The standard InChI is InChI=1S/C22H20N2O2/c1-3-7-19(8-4-1)23-13-17-11-12-18-14-24(20-9-5-2-6-10-20)16-26-22(18)21(17)25-15-23/h1-12H,13-16H2. The lowest BCUT2D eigenvalue weighted by molar-refractivity contribution is 0.239. The van der Waals surface area contributed by atoms with Crippen molar-refractivity contribution in [2.24, 2.45) is 0 Å². The van der Waals surface area contributed by atoms with E-state index in [4.69, 9.17) is 9.47 Å². The molecule has 130 valence electrons. The molecule has 0 saturated carbocycles. The van der Waals surface area contributed by atoms with Gasteiger partial charge in [0, 0.05) is 35.6 Å². The van der Waals surface area contributed by atoms with Crippen molar-refractivity contribution in [1.29, 1.82) is 0 Å². The predicted octanol–water partition coefficient (Wildman–Crippen LogP) is 4.40. The lowest BCUT2D eigenvalue weighted by Gasteiger charge is -2.36. The van der Waals surface area contributed by atoms with Crippen LogP contribution in [0.1, 0.15) is 11.1 Å². The van der Waals surface area contributed by atoms with Crippen molar-refractivity contribution in [3.05, 3.63) is 83.9 Å². The van der Waals surface area contributed by atoms with Crippen LogP contribution >= 0.6 is 0 Å². The van der Waals surface area contributed by atoms with Crippen LogP contribution in [-0.2, 0) is 13.1 Å². The molecule has 0 aromatic heterocycles. The quantitative estimate of drug-likeness (QED) is 0.688. The molecule has 0 unspecified atom stereocenters. The zero-order chi connectivity index (χ0) is 17.3. The van der Waals surface area contributed by atoms with Gasteiger partial charge in [-0.3, -0.25) is 0 Å². The molecule has 4 heteroatoms. The van der Waals surface area contributed by atoms with E-state index in [0.29, 0.717) is 13.5 Å². The molecule has 0 radical (unpaired) electrons. The number of ether oxygens (including phenoxy) is 2. The first kappa shape index (κ1) is 15.1. The highest BCUT2D eigenvalue weighted by Crippen LogP contribution is 2.41. The maximum Gasteiger partial charge on any atom is 0.169 e. The summed E-state index contributed by atoms with van der Waals surface area (Å²) in [6.07, 6.45) is 0. The number of benzene rings is 3. The first-order valence-corrected chi connectivity index (χ1v) is 8.89. The van der Waals surface area contributed by atoms with Crippen LogP contribution in [0.5, 0.6) is 11.5 Å². The predicted molar refractivity (Wildman–Crippen MR) is 103 cm³/mol. The molecule has 0 amide bonds. The summed E-state index contributed by atoms with van der Waals surface area (Å²) in [4.78, 5) is 4.46. The van der Waals surface area contributed by atoms with Gasteiger partial charge >= 0.3 is 0 Å². The first-order chi connectivity index (χ1) is 12.9. The van der Waals surface area contributed by atoms with Gasteiger partial charge in [-0.05, 0) is 24.3 Å². The molecular formula is C22H20N2O2. The van der Waals surface area contributed by atoms with Gasteiger partial charge < -0.3 is 19.3 Å². The van der Waals surface area contributed by atoms with Crippen molar-refractivity contribution in [1.82, 2.24) is 0 Å². The van der Waals surface area contributed by atoms with Crippen molar-refractivity contribution in [2.45, 2.75) is 13.1 Å². The third kappa shape index (κ3) is 2.64. The zero-order valence-electron chi connectivity index (χ0n) is 14.5.